The van der Waals surface area contributed by atoms with Gasteiger partial charge in [0.1, 0.15) is 29.4 Å². The SMILES string of the molecule is CC(C)(C)[C@H](NC(=O)c1ccno1)C(=O)N1C[C@H](Oc2nc3ccccc3nc2-c2cccs2)CC1C(=O)N[C@]1(C(=O)NS(=O)(=O)C2CC2)C[C@H]1C(F)F. The van der Waals surface area contributed by atoms with Crippen LogP contribution in [0.2, 0.25) is 0 Å². The van der Waals surface area contributed by atoms with Crippen molar-refractivity contribution in [1.29, 1.82) is 0 Å². The predicted molar refractivity (Wildman–Crippen MR) is 190 cm³/mol. The molecule has 1 saturated heterocycles. The molecule has 54 heavy (non-hydrogen) atoms. The van der Waals surface area contributed by atoms with Gasteiger partial charge in [-0.05, 0) is 48.3 Å². The molecule has 1 aliphatic heterocycles. The Balaban J connectivity index is 1.21. The monoisotopic (exact) mass is 785 g/mol. The number of thiophene rings is 1. The van der Waals surface area contributed by atoms with Gasteiger partial charge >= 0.3 is 0 Å². The quantitative estimate of drug-likeness (QED) is 0.190. The van der Waals surface area contributed by atoms with Crippen molar-refractivity contribution in [3.63, 3.8) is 0 Å². The Morgan fingerprint density at radius 3 is 2.37 bits per heavy atom. The van der Waals surface area contributed by atoms with Crippen LogP contribution in [0.1, 0.15) is 57.0 Å². The first-order valence-corrected chi connectivity index (χ1v) is 19.7. The molecule has 0 radical (unpaired) electrons. The fourth-order valence-corrected chi connectivity index (χ4v) is 8.63. The number of carbonyl (C=O) groups is 4. The Kier molecular flexibility index (Phi) is 9.66. The first-order valence-electron chi connectivity index (χ1n) is 17.2. The van der Waals surface area contributed by atoms with Gasteiger partial charge < -0.3 is 24.8 Å². The third-order valence-electron chi connectivity index (χ3n) is 9.74. The molecule has 7 rings (SSSR count). The van der Waals surface area contributed by atoms with E-state index in [9.17, 15) is 36.4 Å². The van der Waals surface area contributed by atoms with Crippen LogP contribution in [0.15, 0.2) is 58.6 Å². The molecule has 3 fully saturated rings. The molecular formula is C35H37F2N7O8S2. The van der Waals surface area contributed by atoms with E-state index >= 15 is 0 Å². The van der Waals surface area contributed by atoms with E-state index in [0.29, 0.717) is 29.6 Å². The van der Waals surface area contributed by atoms with Crippen molar-refractivity contribution in [2.75, 3.05) is 6.54 Å². The molecule has 4 amide bonds. The number of hydrogen-bond acceptors (Lipinski definition) is 12. The molecule has 1 aromatic carbocycles. The van der Waals surface area contributed by atoms with Crippen LogP contribution in [-0.4, -0.2) is 94.0 Å². The number of sulfonamides is 1. The topological polar surface area (TPSA) is 203 Å². The van der Waals surface area contributed by atoms with Gasteiger partial charge in [-0.1, -0.05) is 44.1 Å². The fraction of sp³-hybridized carbons (Fsp3) is 0.457. The summed E-state index contributed by atoms with van der Waals surface area (Å²) in [7, 11) is -4.14. The number of nitrogens with one attached hydrogen (secondary N) is 3. The molecule has 3 N–H and O–H groups in total. The van der Waals surface area contributed by atoms with Crippen molar-refractivity contribution >= 4 is 56.0 Å². The third-order valence-corrected chi connectivity index (χ3v) is 12.4. The molecule has 2 saturated carbocycles. The highest BCUT2D eigenvalue weighted by Crippen LogP contribution is 2.48. The van der Waals surface area contributed by atoms with Gasteiger partial charge in [0, 0.05) is 12.5 Å². The van der Waals surface area contributed by atoms with Crippen LogP contribution in [0.3, 0.4) is 0 Å². The van der Waals surface area contributed by atoms with Gasteiger partial charge in [0.15, 0.2) is 0 Å². The van der Waals surface area contributed by atoms with E-state index in [1.165, 1.54) is 28.5 Å². The van der Waals surface area contributed by atoms with E-state index in [1.54, 1.807) is 39.0 Å². The summed E-state index contributed by atoms with van der Waals surface area (Å²) >= 11 is 1.40. The second kappa shape index (κ2) is 14.0. The summed E-state index contributed by atoms with van der Waals surface area (Å²) in [6, 6.07) is 9.49. The van der Waals surface area contributed by atoms with Gasteiger partial charge in [0.25, 0.3) is 11.8 Å². The van der Waals surface area contributed by atoms with Gasteiger partial charge in [-0.25, -0.2) is 27.2 Å². The van der Waals surface area contributed by atoms with E-state index in [4.69, 9.17) is 19.2 Å². The zero-order valence-corrected chi connectivity index (χ0v) is 31.0. The maximum absolute atomic E-state index is 14.5. The third kappa shape index (κ3) is 7.38. The number of hydrogen-bond donors (Lipinski definition) is 3. The number of alkyl halides is 2. The Bertz CT molecular complexity index is 2190. The molecule has 4 heterocycles. The molecule has 3 aromatic heterocycles. The van der Waals surface area contributed by atoms with Crippen molar-refractivity contribution < 1.29 is 45.6 Å². The van der Waals surface area contributed by atoms with Gasteiger partial charge in [-0.3, -0.25) is 23.9 Å². The zero-order chi connectivity index (χ0) is 38.6. The number of rotatable bonds is 12. The lowest BCUT2D eigenvalue weighted by molar-refractivity contribution is -0.143. The summed E-state index contributed by atoms with van der Waals surface area (Å²) in [5.74, 6) is -5.40. The Hall–Kier alpha value is -5.04. The number of para-hydroxylation sites is 2. The van der Waals surface area contributed by atoms with E-state index in [1.807, 2.05) is 28.3 Å². The van der Waals surface area contributed by atoms with Crippen LogP contribution in [0.25, 0.3) is 21.6 Å². The Morgan fingerprint density at radius 1 is 1.06 bits per heavy atom. The minimum absolute atomic E-state index is 0.127. The molecule has 4 aromatic rings. The maximum atomic E-state index is 14.5. The number of likely N-dealkylation sites (tertiary alicyclic amines) is 1. The molecule has 19 heteroatoms. The lowest BCUT2D eigenvalue weighted by atomic mass is 9.85. The van der Waals surface area contributed by atoms with Crippen LogP contribution >= 0.6 is 11.3 Å². The van der Waals surface area contributed by atoms with Gasteiger partial charge in [0.2, 0.25) is 39.9 Å². The molecular weight excluding hydrogens is 749 g/mol. The van der Waals surface area contributed by atoms with E-state index < -0.39 is 86.8 Å². The Labute approximate surface area is 312 Å². The van der Waals surface area contributed by atoms with Crippen molar-refractivity contribution in [3.8, 4) is 16.5 Å². The summed E-state index contributed by atoms with van der Waals surface area (Å²) < 4.78 is 66.8. The number of fused-ring (bicyclic) bond motifs is 1. The highest BCUT2D eigenvalue weighted by Gasteiger charge is 2.67. The standard InChI is InChI=1S/C35H37F2N7O8S2/c1-34(2,3)27(41-30(46)24-12-13-38-52-24)32(47)44-17-18(51-31-26(25-9-6-14-53-25)39-21-7-4-5-8-22(21)40-31)15-23(44)29(45)42-35(16-20(35)28(36)37)33(48)43-54(49,50)19-10-11-19/h4-9,12-14,18-20,23,27-28H,10-11,15-17H2,1-3H3,(H,41,46)(H,42,45)(H,43,48)/t18-,20+,23?,27-,35-/m1/s1. The fourth-order valence-electron chi connectivity index (χ4n) is 6.56. The molecule has 0 spiro atoms. The van der Waals surface area contributed by atoms with Crippen LogP contribution < -0.4 is 20.1 Å². The normalized spacial score (nSPS) is 23.2. The van der Waals surface area contributed by atoms with Crippen LogP contribution in [-0.2, 0) is 24.4 Å². The summed E-state index contributed by atoms with van der Waals surface area (Å²) in [5, 5.41) is 9.65. The minimum Gasteiger partial charge on any atom is -0.471 e. The summed E-state index contributed by atoms with van der Waals surface area (Å²) in [6.45, 7) is 4.88. The second-order valence-corrected chi connectivity index (χ2v) is 17.7. The summed E-state index contributed by atoms with van der Waals surface area (Å²) in [5.41, 5.74) is -1.61. The highest BCUT2D eigenvalue weighted by molar-refractivity contribution is 7.91. The average molecular weight is 786 g/mol. The predicted octanol–water partition coefficient (Wildman–Crippen LogP) is 3.29. The number of halogens is 2. The lowest BCUT2D eigenvalue weighted by Gasteiger charge is -2.35. The maximum Gasteiger partial charge on any atom is 0.290 e. The molecule has 5 atom stereocenters. The number of amides is 4. The lowest BCUT2D eigenvalue weighted by Crippen LogP contribution is -2.60. The minimum atomic E-state index is -4.14. The molecule has 0 bridgehead atoms. The molecule has 1 unspecified atom stereocenters. The van der Waals surface area contributed by atoms with Crippen molar-refractivity contribution in [1.82, 2.24) is 35.4 Å². The van der Waals surface area contributed by atoms with E-state index in [2.05, 4.69) is 15.8 Å². The molecule has 15 nitrogen and oxygen atoms in total. The highest BCUT2D eigenvalue weighted by atomic mass is 32.2. The molecule has 3 aliphatic rings. The number of carbonyl (C=O) groups excluding carboxylic acids is 4. The molecule has 2 aliphatic carbocycles. The largest absolute Gasteiger partial charge is 0.471 e. The van der Waals surface area contributed by atoms with Gasteiger partial charge in [-0.15, -0.1) is 11.3 Å². The molecule has 286 valence electrons. The Morgan fingerprint density at radius 2 is 1.78 bits per heavy atom. The summed E-state index contributed by atoms with van der Waals surface area (Å²) in [4.78, 5) is 66.6. The van der Waals surface area contributed by atoms with Crippen molar-refractivity contribution in [3.05, 3.63) is 59.8 Å². The van der Waals surface area contributed by atoms with Gasteiger partial charge in [-0.2, -0.15) is 0 Å². The van der Waals surface area contributed by atoms with Crippen LogP contribution in [0.4, 0.5) is 8.78 Å². The van der Waals surface area contributed by atoms with Crippen LogP contribution in [0, 0.1) is 11.3 Å². The zero-order valence-electron chi connectivity index (χ0n) is 29.3. The average Bonchev–Trinajstić information content (AvgIpc) is 3.86. The first kappa shape index (κ1) is 37.3. The van der Waals surface area contributed by atoms with Crippen LogP contribution in [0.5, 0.6) is 5.88 Å². The number of ether oxygens (including phenoxy) is 1. The van der Waals surface area contributed by atoms with E-state index in [-0.39, 0.29) is 24.6 Å². The number of benzene rings is 1. The van der Waals surface area contributed by atoms with E-state index in [0.717, 1.165) is 4.88 Å². The second-order valence-electron chi connectivity index (χ2n) is 14.8. The summed E-state index contributed by atoms with van der Waals surface area (Å²) in [6.07, 6.45) is -2.77. The number of aromatic nitrogens is 3. The van der Waals surface area contributed by atoms with Crippen molar-refractivity contribution in [2.24, 2.45) is 11.3 Å². The van der Waals surface area contributed by atoms with Gasteiger partial charge in [0.05, 0.1) is 39.8 Å². The van der Waals surface area contributed by atoms with Crippen molar-refractivity contribution in [2.45, 2.75) is 81.9 Å². The number of nitrogens with zero attached hydrogens (tertiary/aromatic N) is 4. The smallest absolute Gasteiger partial charge is 0.290 e. The first-order chi connectivity index (χ1) is 25.6.